The van der Waals surface area contributed by atoms with E-state index in [9.17, 15) is 8.42 Å². The van der Waals surface area contributed by atoms with Gasteiger partial charge in [0.15, 0.2) is 5.03 Å². The van der Waals surface area contributed by atoms with Crippen molar-refractivity contribution >= 4 is 21.6 Å². The number of pyridine rings is 1. The topological polar surface area (TPSA) is 76.3 Å². The molecule has 0 aliphatic rings. The third-order valence-corrected chi connectivity index (χ3v) is 5.15. The Labute approximate surface area is 129 Å². The minimum atomic E-state index is -3.66. The molecule has 2 rings (SSSR count). The highest BCUT2D eigenvalue weighted by molar-refractivity contribution is 7.89. The molecule has 0 aliphatic carbocycles. The molecule has 0 radical (unpaired) electrons. The Hall–Kier alpha value is -1.47. The summed E-state index contributed by atoms with van der Waals surface area (Å²) in [4.78, 5) is 3.96. The molecule has 5 nitrogen and oxygen atoms in total. The van der Waals surface area contributed by atoms with Gasteiger partial charge in [0.2, 0.25) is 0 Å². The lowest BCUT2D eigenvalue weighted by Gasteiger charge is -2.17. The summed E-state index contributed by atoms with van der Waals surface area (Å²) < 4.78 is 26.1. The molecule has 0 amide bonds. The van der Waals surface area contributed by atoms with Gasteiger partial charge in [-0.05, 0) is 23.3 Å². The van der Waals surface area contributed by atoms with E-state index in [1.807, 2.05) is 6.07 Å². The second-order valence-corrected chi connectivity index (χ2v) is 6.96. The molecule has 0 fully saturated rings. The molecule has 2 N–H and O–H groups in total. The van der Waals surface area contributed by atoms with E-state index in [4.69, 9.17) is 17.3 Å². The summed E-state index contributed by atoms with van der Waals surface area (Å²) in [6.07, 6.45) is 1.47. The molecule has 21 heavy (non-hydrogen) atoms. The van der Waals surface area contributed by atoms with Crippen LogP contribution in [0.2, 0.25) is 5.02 Å². The van der Waals surface area contributed by atoms with E-state index in [0.717, 1.165) is 11.1 Å². The molecule has 0 saturated heterocycles. The van der Waals surface area contributed by atoms with E-state index in [0.29, 0.717) is 11.6 Å². The molecular weight excluding hydrogens is 310 g/mol. The molecule has 2 aromatic rings. The third kappa shape index (κ3) is 3.59. The monoisotopic (exact) mass is 325 g/mol. The van der Waals surface area contributed by atoms with Crippen molar-refractivity contribution in [3.05, 3.63) is 58.7 Å². The van der Waals surface area contributed by atoms with Crippen molar-refractivity contribution in [3.63, 3.8) is 0 Å². The second kappa shape index (κ2) is 6.53. The summed E-state index contributed by atoms with van der Waals surface area (Å²) in [6, 6.07) is 10.2. The number of nitrogens with zero attached hydrogens (tertiary/aromatic N) is 2. The normalized spacial score (nSPS) is 11.8. The van der Waals surface area contributed by atoms with Gasteiger partial charge in [-0.3, -0.25) is 0 Å². The van der Waals surface area contributed by atoms with E-state index >= 15 is 0 Å². The van der Waals surface area contributed by atoms with Crippen molar-refractivity contribution in [2.24, 2.45) is 5.73 Å². The summed E-state index contributed by atoms with van der Waals surface area (Å²) in [6.45, 7) is 0.505. The smallest absolute Gasteiger partial charge is 0.260 e. The van der Waals surface area contributed by atoms with E-state index in [-0.39, 0.29) is 11.6 Å². The lowest BCUT2D eigenvalue weighted by molar-refractivity contribution is 0.464. The Bertz CT molecular complexity index is 717. The first-order chi connectivity index (χ1) is 9.95. The second-order valence-electron chi connectivity index (χ2n) is 4.56. The molecule has 1 aromatic carbocycles. The maximum Gasteiger partial charge on any atom is 0.260 e. The molecule has 0 unspecified atom stereocenters. The van der Waals surface area contributed by atoms with Crippen LogP contribution in [-0.4, -0.2) is 24.8 Å². The van der Waals surface area contributed by atoms with E-state index < -0.39 is 10.0 Å². The van der Waals surface area contributed by atoms with Gasteiger partial charge in [-0.1, -0.05) is 35.9 Å². The number of halogens is 1. The summed E-state index contributed by atoms with van der Waals surface area (Å²) in [5, 5.41) is 0.528. The van der Waals surface area contributed by atoms with Gasteiger partial charge < -0.3 is 5.73 Å². The van der Waals surface area contributed by atoms with Crippen LogP contribution in [0.4, 0.5) is 0 Å². The number of nitrogens with two attached hydrogens (primary N) is 1. The van der Waals surface area contributed by atoms with Crippen LogP contribution < -0.4 is 5.73 Å². The predicted molar refractivity (Wildman–Crippen MR) is 82.2 cm³/mol. The van der Waals surface area contributed by atoms with Crippen LogP contribution in [0.15, 0.2) is 47.6 Å². The Balaban J connectivity index is 2.24. The van der Waals surface area contributed by atoms with Crippen molar-refractivity contribution < 1.29 is 8.42 Å². The first-order valence-electron chi connectivity index (χ1n) is 6.30. The van der Waals surface area contributed by atoms with Crippen molar-refractivity contribution in [1.82, 2.24) is 9.29 Å². The fourth-order valence-electron chi connectivity index (χ4n) is 1.80. The van der Waals surface area contributed by atoms with Crippen molar-refractivity contribution in [2.75, 3.05) is 7.05 Å². The van der Waals surface area contributed by atoms with Crippen LogP contribution in [0.3, 0.4) is 0 Å². The first kappa shape index (κ1) is 15.9. The average Bonchev–Trinajstić information content (AvgIpc) is 2.49. The highest BCUT2D eigenvalue weighted by Crippen LogP contribution is 2.20. The number of sulfonamides is 1. The van der Waals surface area contributed by atoms with Gasteiger partial charge in [-0.25, -0.2) is 13.4 Å². The van der Waals surface area contributed by atoms with Crippen LogP contribution in [0.1, 0.15) is 11.1 Å². The summed E-state index contributed by atoms with van der Waals surface area (Å²) in [5.41, 5.74) is 6.99. The number of benzene rings is 1. The first-order valence-corrected chi connectivity index (χ1v) is 8.11. The molecular formula is C14H16ClN3O2S. The largest absolute Gasteiger partial charge is 0.326 e. The molecule has 7 heteroatoms. The Morgan fingerprint density at radius 3 is 2.52 bits per heavy atom. The fourth-order valence-corrected chi connectivity index (χ4v) is 3.05. The highest BCUT2D eigenvalue weighted by Gasteiger charge is 2.22. The lowest BCUT2D eigenvalue weighted by Crippen LogP contribution is -2.27. The zero-order valence-corrected chi connectivity index (χ0v) is 13.1. The van der Waals surface area contributed by atoms with E-state index in [1.54, 1.807) is 24.3 Å². The zero-order valence-electron chi connectivity index (χ0n) is 11.5. The van der Waals surface area contributed by atoms with Gasteiger partial charge in [-0.2, -0.15) is 4.31 Å². The minimum absolute atomic E-state index is 0.00532. The molecule has 0 saturated carbocycles. The summed E-state index contributed by atoms with van der Waals surface area (Å²) >= 11 is 6.05. The van der Waals surface area contributed by atoms with Crippen molar-refractivity contribution in [1.29, 1.82) is 0 Å². The highest BCUT2D eigenvalue weighted by atomic mass is 35.5. The van der Waals surface area contributed by atoms with Crippen LogP contribution in [0.25, 0.3) is 0 Å². The molecule has 0 atom stereocenters. The third-order valence-electron chi connectivity index (χ3n) is 3.06. The van der Waals surface area contributed by atoms with Gasteiger partial charge in [0.1, 0.15) is 0 Å². The predicted octanol–water partition coefficient (Wildman–Crippen LogP) is 2.01. The Morgan fingerprint density at radius 2 is 1.95 bits per heavy atom. The average molecular weight is 326 g/mol. The van der Waals surface area contributed by atoms with Crippen LogP contribution >= 0.6 is 11.6 Å². The fraction of sp³-hybridized carbons (Fsp3) is 0.214. The SMILES string of the molecule is CN(Cc1ccccc1Cl)S(=O)(=O)c1ccc(CN)cn1. The van der Waals surface area contributed by atoms with Gasteiger partial charge in [-0.15, -0.1) is 0 Å². The molecule has 1 aromatic heterocycles. The van der Waals surface area contributed by atoms with E-state index in [1.165, 1.54) is 23.6 Å². The quantitative estimate of drug-likeness (QED) is 0.912. The van der Waals surface area contributed by atoms with Crippen LogP contribution in [0, 0.1) is 0 Å². The molecule has 1 heterocycles. The standard InChI is InChI=1S/C14H16ClN3O2S/c1-18(10-12-4-2-3-5-13(12)15)21(19,20)14-7-6-11(8-16)9-17-14/h2-7,9H,8,10,16H2,1H3. The lowest BCUT2D eigenvalue weighted by atomic mass is 10.2. The van der Waals surface area contributed by atoms with Gasteiger partial charge in [0, 0.05) is 31.4 Å². The summed E-state index contributed by atoms with van der Waals surface area (Å²) in [5.74, 6) is 0. The number of hydrogen-bond acceptors (Lipinski definition) is 4. The number of aromatic nitrogens is 1. The maximum absolute atomic E-state index is 12.4. The Morgan fingerprint density at radius 1 is 1.24 bits per heavy atom. The van der Waals surface area contributed by atoms with Gasteiger partial charge in [0.25, 0.3) is 10.0 Å². The Kier molecular flexibility index (Phi) is 4.95. The van der Waals surface area contributed by atoms with Crippen LogP contribution in [-0.2, 0) is 23.1 Å². The summed E-state index contributed by atoms with van der Waals surface area (Å²) in [7, 11) is -2.16. The van der Waals surface area contributed by atoms with Crippen molar-refractivity contribution in [2.45, 2.75) is 18.1 Å². The molecule has 0 bridgehead atoms. The molecule has 0 spiro atoms. The molecule has 0 aliphatic heterocycles. The van der Waals surface area contributed by atoms with Gasteiger partial charge in [0.05, 0.1) is 0 Å². The van der Waals surface area contributed by atoms with Crippen LogP contribution in [0.5, 0.6) is 0 Å². The molecule has 112 valence electrons. The van der Waals surface area contributed by atoms with E-state index in [2.05, 4.69) is 4.98 Å². The number of rotatable bonds is 5. The minimum Gasteiger partial charge on any atom is -0.326 e. The van der Waals surface area contributed by atoms with Gasteiger partial charge >= 0.3 is 0 Å². The zero-order chi connectivity index (χ0) is 15.5. The maximum atomic E-state index is 12.4. The number of hydrogen-bond donors (Lipinski definition) is 1. The van der Waals surface area contributed by atoms with Crippen molar-refractivity contribution in [3.8, 4) is 0 Å².